The number of nitrogens with one attached hydrogen (secondary N) is 2. The maximum Gasteiger partial charge on any atom is 0.260 e. The molecule has 2 aliphatic carbocycles. The van der Waals surface area contributed by atoms with Crippen LogP contribution in [0.4, 0.5) is 0 Å². The maximum absolute atomic E-state index is 13.7. The van der Waals surface area contributed by atoms with Gasteiger partial charge < -0.3 is 10.1 Å². The molecule has 0 radical (unpaired) electrons. The average Bonchev–Trinajstić information content (AvgIpc) is 3.65. The first-order valence-corrected chi connectivity index (χ1v) is 11.5. The average molecular weight is 429 g/mol. The van der Waals surface area contributed by atoms with Crippen molar-refractivity contribution in [3.8, 4) is 11.8 Å². The summed E-state index contributed by atoms with van der Waals surface area (Å²) in [4.78, 5) is 15.5. The second-order valence-corrected chi connectivity index (χ2v) is 9.14. The van der Waals surface area contributed by atoms with Crippen molar-refractivity contribution in [1.82, 2.24) is 10.2 Å². The summed E-state index contributed by atoms with van der Waals surface area (Å²) in [6, 6.07) is 17.4. The zero-order valence-electron chi connectivity index (χ0n) is 18.1. The zero-order valence-corrected chi connectivity index (χ0v) is 18.1. The predicted octanol–water partition coefficient (Wildman–Crippen LogP) is 4.44. The summed E-state index contributed by atoms with van der Waals surface area (Å²) < 4.78 is 5.92. The van der Waals surface area contributed by atoms with Crippen molar-refractivity contribution in [3.05, 3.63) is 65.2 Å². The molecule has 0 spiro atoms. The fourth-order valence-corrected chi connectivity index (χ4v) is 5.16. The molecule has 1 atom stereocenters. The summed E-state index contributed by atoms with van der Waals surface area (Å²) in [5.41, 5.74) is 1.72. The van der Waals surface area contributed by atoms with E-state index >= 15 is 0 Å². The van der Waals surface area contributed by atoms with Gasteiger partial charge in [0.05, 0.1) is 11.6 Å². The van der Waals surface area contributed by atoms with Gasteiger partial charge in [0.2, 0.25) is 0 Å². The fraction of sp³-hybridized carbons (Fsp3) is 0.423. The van der Waals surface area contributed by atoms with E-state index in [4.69, 9.17) is 15.4 Å². The van der Waals surface area contributed by atoms with Gasteiger partial charge in [0.15, 0.2) is 5.96 Å². The molecular formula is C26H28N4O2. The number of hydrogen-bond acceptors (Lipinski definition) is 4. The molecule has 1 aliphatic heterocycles. The van der Waals surface area contributed by atoms with Crippen LogP contribution in [0.2, 0.25) is 0 Å². The highest BCUT2D eigenvalue weighted by Crippen LogP contribution is 2.50. The Balaban J connectivity index is 1.33. The van der Waals surface area contributed by atoms with Gasteiger partial charge in [-0.1, -0.05) is 43.5 Å². The van der Waals surface area contributed by atoms with Crippen LogP contribution in [-0.2, 0) is 16.9 Å². The number of amides is 1. The molecule has 0 bridgehead atoms. The van der Waals surface area contributed by atoms with Gasteiger partial charge in [0, 0.05) is 6.04 Å². The topological polar surface area (TPSA) is 89.2 Å². The van der Waals surface area contributed by atoms with Crippen LogP contribution in [0.3, 0.4) is 0 Å². The first-order chi connectivity index (χ1) is 15.6. The van der Waals surface area contributed by atoms with Crippen LogP contribution in [0, 0.1) is 22.7 Å². The van der Waals surface area contributed by atoms with E-state index in [0.717, 1.165) is 55.4 Å². The van der Waals surface area contributed by atoms with Crippen molar-refractivity contribution in [1.29, 1.82) is 10.7 Å². The van der Waals surface area contributed by atoms with Crippen molar-refractivity contribution in [2.45, 2.75) is 63.1 Å². The van der Waals surface area contributed by atoms with Crippen LogP contribution in [0.25, 0.3) is 0 Å². The Hall–Kier alpha value is -3.33. The van der Waals surface area contributed by atoms with Gasteiger partial charge in [-0.05, 0) is 67.0 Å². The van der Waals surface area contributed by atoms with Crippen LogP contribution in [0.5, 0.6) is 5.75 Å². The summed E-state index contributed by atoms with van der Waals surface area (Å²) in [7, 11) is 0. The second-order valence-electron chi connectivity index (χ2n) is 9.14. The van der Waals surface area contributed by atoms with Gasteiger partial charge in [0.1, 0.15) is 17.9 Å². The predicted molar refractivity (Wildman–Crippen MR) is 121 cm³/mol. The fourth-order valence-electron chi connectivity index (χ4n) is 5.16. The molecule has 164 valence electrons. The SMILES string of the molecule is N#Cc1ccc(COc2ccc(C3(C4CC4)NC(=N)N(C4CCCCC4)C3=O)cc2)cc1. The second kappa shape index (κ2) is 8.31. The van der Waals surface area contributed by atoms with Crippen LogP contribution >= 0.6 is 0 Å². The lowest BCUT2D eigenvalue weighted by atomic mass is 9.84. The normalized spacial score (nSPS) is 23.7. The summed E-state index contributed by atoms with van der Waals surface area (Å²) >= 11 is 0. The molecule has 3 aliphatic rings. The lowest BCUT2D eigenvalue weighted by Crippen LogP contribution is -2.47. The lowest BCUT2D eigenvalue weighted by molar-refractivity contribution is -0.134. The van der Waals surface area contributed by atoms with E-state index in [-0.39, 0.29) is 23.8 Å². The molecule has 2 saturated carbocycles. The molecule has 6 nitrogen and oxygen atoms in total. The standard InChI is InChI=1S/C26H28N4O2/c27-16-18-6-8-19(9-7-18)17-32-23-14-12-21(13-15-23)26(20-10-11-20)24(31)30(25(28)29-26)22-4-2-1-3-5-22/h6-9,12-15,20,22H,1-5,10-11,17H2,(H2,28,29). The van der Waals surface area contributed by atoms with E-state index in [9.17, 15) is 4.79 Å². The van der Waals surface area contributed by atoms with Gasteiger partial charge in [-0.3, -0.25) is 15.1 Å². The molecule has 1 heterocycles. The molecule has 1 amide bonds. The Morgan fingerprint density at radius 3 is 2.34 bits per heavy atom. The minimum atomic E-state index is -0.819. The van der Waals surface area contributed by atoms with Crippen LogP contribution in [0.15, 0.2) is 48.5 Å². The van der Waals surface area contributed by atoms with E-state index in [1.165, 1.54) is 6.42 Å². The summed E-state index contributed by atoms with van der Waals surface area (Å²) in [5.74, 6) is 1.26. The number of nitriles is 1. The molecule has 3 fully saturated rings. The Labute approximate surface area is 188 Å². The number of rotatable bonds is 6. The van der Waals surface area contributed by atoms with Gasteiger partial charge in [-0.15, -0.1) is 0 Å². The summed E-state index contributed by atoms with van der Waals surface area (Å²) in [5, 5.41) is 20.8. The minimum absolute atomic E-state index is 0.0446. The first-order valence-electron chi connectivity index (χ1n) is 11.5. The Morgan fingerprint density at radius 1 is 1.03 bits per heavy atom. The smallest absolute Gasteiger partial charge is 0.260 e. The molecule has 2 aromatic rings. The number of ether oxygens (including phenoxy) is 1. The monoisotopic (exact) mass is 428 g/mol. The summed E-state index contributed by atoms with van der Waals surface area (Å²) in [6.45, 7) is 0.413. The van der Waals surface area contributed by atoms with Crippen LogP contribution in [-0.4, -0.2) is 22.8 Å². The molecule has 2 N–H and O–H groups in total. The Morgan fingerprint density at radius 2 is 1.72 bits per heavy atom. The van der Waals surface area contributed by atoms with Gasteiger partial charge in [-0.25, -0.2) is 0 Å². The largest absolute Gasteiger partial charge is 0.489 e. The first kappa shape index (κ1) is 20.6. The Bertz CT molecular complexity index is 1050. The third-order valence-corrected chi connectivity index (χ3v) is 7.04. The highest BCUT2D eigenvalue weighted by molar-refractivity contribution is 6.09. The van der Waals surface area contributed by atoms with Gasteiger partial charge in [-0.2, -0.15) is 5.26 Å². The molecular weight excluding hydrogens is 400 g/mol. The van der Waals surface area contributed by atoms with Crippen molar-refractivity contribution < 1.29 is 9.53 Å². The minimum Gasteiger partial charge on any atom is -0.489 e. The highest BCUT2D eigenvalue weighted by Gasteiger charge is 2.60. The molecule has 1 saturated heterocycles. The summed E-state index contributed by atoms with van der Waals surface area (Å²) in [6.07, 6.45) is 7.45. The van der Waals surface area contributed by atoms with E-state index < -0.39 is 5.54 Å². The van der Waals surface area contributed by atoms with Crippen molar-refractivity contribution in [2.75, 3.05) is 0 Å². The van der Waals surface area contributed by atoms with Crippen molar-refractivity contribution in [2.24, 2.45) is 5.92 Å². The zero-order chi connectivity index (χ0) is 22.1. The van der Waals surface area contributed by atoms with Gasteiger partial charge >= 0.3 is 0 Å². The third kappa shape index (κ3) is 3.62. The van der Waals surface area contributed by atoms with Gasteiger partial charge in [0.25, 0.3) is 5.91 Å². The quantitative estimate of drug-likeness (QED) is 0.712. The number of hydrogen-bond donors (Lipinski definition) is 2. The molecule has 0 aromatic heterocycles. The van der Waals surface area contributed by atoms with Crippen molar-refractivity contribution >= 4 is 11.9 Å². The van der Waals surface area contributed by atoms with E-state index in [0.29, 0.717) is 12.2 Å². The molecule has 32 heavy (non-hydrogen) atoms. The molecule has 6 heteroatoms. The maximum atomic E-state index is 13.7. The Kier molecular flexibility index (Phi) is 5.34. The van der Waals surface area contributed by atoms with E-state index in [1.807, 2.05) is 36.4 Å². The number of benzene rings is 2. The third-order valence-electron chi connectivity index (χ3n) is 7.04. The van der Waals surface area contributed by atoms with E-state index in [2.05, 4.69) is 11.4 Å². The number of nitrogens with zero attached hydrogens (tertiary/aromatic N) is 2. The van der Waals surface area contributed by atoms with Crippen molar-refractivity contribution in [3.63, 3.8) is 0 Å². The molecule has 5 rings (SSSR count). The number of guanidine groups is 1. The number of carbonyl (C=O) groups is 1. The number of carbonyl (C=O) groups excluding carboxylic acids is 1. The van der Waals surface area contributed by atoms with E-state index in [1.54, 1.807) is 17.0 Å². The lowest BCUT2D eigenvalue weighted by Gasteiger charge is -2.32. The molecule has 1 unspecified atom stereocenters. The highest BCUT2D eigenvalue weighted by atomic mass is 16.5. The van der Waals surface area contributed by atoms with Crippen LogP contribution in [0.1, 0.15) is 61.6 Å². The van der Waals surface area contributed by atoms with Crippen LogP contribution < -0.4 is 10.1 Å². The molecule has 2 aromatic carbocycles.